The number of hydrogen-bond acceptors (Lipinski definition) is 3. The highest BCUT2D eigenvalue weighted by Gasteiger charge is 2.23. The molecule has 0 spiro atoms. The number of rotatable bonds is 10. The summed E-state index contributed by atoms with van der Waals surface area (Å²) in [6.45, 7) is 8.42. The van der Waals surface area contributed by atoms with Gasteiger partial charge in [-0.1, -0.05) is 40.0 Å². The molecule has 0 aromatic rings. The number of esters is 1. The molecule has 0 unspecified atom stereocenters. The summed E-state index contributed by atoms with van der Waals surface area (Å²) in [7, 11) is 0. The van der Waals surface area contributed by atoms with E-state index in [1.807, 2.05) is 6.92 Å². The number of carbonyl (C=O) groups excluding carboxylic acids is 2. The maximum absolute atomic E-state index is 11.9. The highest BCUT2D eigenvalue weighted by Crippen LogP contribution is 2.15. The van der Waals surface area contributed by atoms with Crippen molar-refractivity contribution >= 4 is 11.9 Å². The van der Waals surface area contributed by atoms with E-state index in [0.29, 0.717) is 6.54 Å². The molecule has 4 heteroatoms. The van der Waals surface area contributed by atoms with E-state index in [9.17, 15) is 9.59 Å². The van der Waals surface area contributed by atoms with Crippen LogP contribution in [0.3, 0.4) is 0 Å². The molecule has 0 aromatic heterocycles. The number of ether oxygens (including phenoxy) is 1. The second-order valence-corrected chi connectivity index (χ2v) is 4.97. The van der Waals surface area contributed by atoms with Crippen LogP contribution in [0, 0.1) is 5.92 Å². The van der Waals surface area contributed by atoms with Crippen molar-refractivity contribution in [2.24, 2.45) is 5.92 Å². The van der Waals surface area contributed by atoms with Gasteiger partial charge in [0, 0.05) is 6.54 Å². The molecule has 0 bridgehead atoms. The van der Waals surface area contributed by atoms with Crippen LogP contribution in [0.4, 0.5) is 0 Å². The predicted octanol–water partition coefficient (Wildman–Crippen LogP) is 3.05. The minimum Gasteiger partial charge on any atom is -0.452 e. The number of unbranched alkanes of at least 4 members (excludes halogenated alkanes) is 2. The number of carbonyl (C=O) groups is 2. The average Bonchev–Trinajstić information content (AvgIpc) is 2.39. The van der Waals surface area contributed by atoms with E-state index in [-0.39, 0.29) is 17.8 Å². The highest BCUT2D eigenvalue weighted by atomic mass is 16.5. The van der Waals surface area contributed by atoms with Gasteiger partial charge in [0.15, 0.2) is 6.10 Å². The third-order valence-corrected chi connectivity index (χ3v) is 3.22. The van der Waals surface area contributed by atoms with Gasteiger partial charge in [-0.3, -0.25) is 9.59 Å². The lowest BCUT2D eigenvalue weighted by molar-refractivity contribution is -0.159. The molecule has 0 saturated heterocycles. The van der Waals surface area contributed by atoms with Crippen molar-refractivity contribution in [3.63, 3.8) is 0 Å². The van der Waals surface area contributed by atoms with E-state index in [2.05, 4.69) is 19.2 Å². The molecule has 4 nitrogen and oxygen atoms in total. The first-order valence-corrected chi connectivity index (χ1v) is 7.54. The quantitative estimate of drug-likeness (QED) is 0.491. The maximum atomic E-state index is 11.9. The zero-order chi connectivity index (χ0) is 14.7. The Balaban J connectivity index is 4.10. The molecule has 19 heavy (non-hydrogen) atoms. The lowest BCUT2D eigenvalue weighted by atomic mass is 10.00. The first-order chi connectivity index (χ1) is 9.06. The lowest BCUT2D eigenvalue weighted by Gasteiger charge is -2.18. The maximum Gasteiger partial charge on any atom is 0.309 e. The molecular weight excluding hydrogens is 242 g/mol. The summed E-state index contributed by atoms with van der Waals surface area (Å²) in [6.07, 6.45) is 4.98. The second kappa shape index (κ2) is 10.8. The van der Waals surface area contributed by atoms with Crippen LogP contribution >= 0.6 is 0 Å². The van der Waals surface area contributed by atoms with Gasteiger partial charge in [0.1, 0.15) is 0 Å². The fourth-order valence-electron chi connectivity index (χ4n) is 1.80. The fraction of sp³-hybridized carbons (Fsp3) is 0.867. The Morgan fingerprint density at radius 3 is 2.26 bits per heavy atom. The van der Waals surface area contributed by atoms with Crippen LogP contribution in [0.15, 0.2) is 0 Å². The molecule has 0 aliphatic rings. The van der Waals surface area contributed by atoms with Gasteiger partial charge >= 0.3 is 5.97 Å². The first-order valence-electron chi connectivity index (χ1n) is 7.54. The van der Waals surface area contributed by atoms with Gasteiger partial charge in [-0.15, -0.1) is 0 Å². The number of amides is 1. The van der Waals surface area contributed by atoms with Crippen LogP contribution in [0.1, 0.15) is 66.2 Å². The monoisotopic (exact) mass is 271 g/mol. The summed E-state index contributed by atoms with van der Waals surface area (Å²) in [4.78, 5) is 23.6. The van der Waals surface area contributed by atoms with Crippen LogP contribution in [-0.2, 0) is 14.3 Å². The van der Waals surface area contributed by atoms with Gasteiger partial charge in [0.25, 0.3) is 5.91 Å². The van der Waals surface area contributed by atoms with Crippen LogP contribution in [0.25, 0.3) is 0 Å². The Hall–Kier alpha value is -1.06. The molecule has 0 aliphatic heterocycles. The lowest BCUT2D eigenvalue weighted by Crippen LogP contribution is -2.37. The van der Waals surface area contributed by atoms with Gasteiger partial charge in [-0.2, -0.15) is 0 Å². The molecule has 0 heterocycles. The van der Waals surface area contributed by atoms with Crippen molar-refractivity contribution in [2.45, 2.75) is 72.3 Å². The topological polar surface area (TPSA) is 55.4 Å². The van der Waals surface area contributed by atoms with E-state index in [1.165, 1.54) is 0 Å². The van der Waals surface area contributed by atoms with Crippen molar-refractivity contribution in [3.05, 3.63) is 0 Å². The van der Waals surface area contributed by atoms with E-state index in [1.54, 1.807) is 6.92 Å². The Morgan fingerprint density at radius 1 is 1.11 bits per heavy atom. The second-order valence-electron chi connectivity index (χ2n) is 4.97. The summed E-state index contributed by atoms with van der Waals surface area (Å²) in [5.41, 5.74) is 0. The van der Waals surface area contributed by atoms with Crippen molar-refractivity contribution in [2.75, 3.05) is 6.54 Å². The molecular formula is C15H29NO3. The SMILES string of the molecule is CCCCNC(=O)[C@@H](C)OC(=O)[C@H](CC)CCCC. The van der Waals surface area contributed by atoms with Crippen LogP contribution in [0.2, 0.25) is 0 Å². The Bertz CT molecular complexity index is 266. The Kier molecular flexibility index (Phi) is 10.2. The first kappa shape index (κ1) is 17.9. The zero-order valence-corrected chi connectivity index (χ0v) is 12.8. The van der Waals surface area contributed by atoms with E-state index in [0.717, 1.165) is 38.5 Å². The molecule has 0 aromatic carbocycles. The summed E-state index contributed by atoms with van der Waals surface area (Å²) in [5.74, 6) is -0.521. The largest absolute Gasteiger partial charge is 0.452 e. The zero-order valence-electron chi connectivity index (χ0n) is 12.8. The van der Waals surface area contributed by atoms with Crippen LogP contribution in [0.5, 0.6) is 0 Å². The van der Waals surface area contributed by atoms with Crippen molar-refractivity contribution < 1.29 is 14.3 Å². The van der Waals surface area contributed by atoms with Crippen molar-refractivity contribution in [1.29, 1.82) is 0 Å². The molecule has 0 rings (SSSR count). The average molecular weight is 271 g/mol. The minimum atomic E-state index is -0.694. The van der Waals surface area contributed by atoms with Crippen LogP contribution < -0.4 is 5.32 Å². The molecule has 112 valence electrons. The predicted molar refractivity (Wildman–Crippen MR) is 76.8 cm³/mol. The molecule has 2 atom stereocenters. The molecule has 0 saturated carbocycles. The summed E-state index contributed by atoms with van der Waals surface area (Å²) in [5, 5.41) is 2.77. The third kappa shape index (κ3) is 7.85. The Labute approximate surface area is 117 Å². The van der Waals surface area contributed by atoms with Gasteiger partial charge < -0.3 is 10.1 Å². The van der Waals surface area contributed by atoms with Crippen molar-refractivity contribution in [1.82, 2.24) is 5.32 Å². The van der Waals surface area contributed by atoms with Crippen molar-refractivity contribution in [3.8, 4) is 0 Å². The third-order valence-electron chi connectivity index (χ3n) is 3.22. The smallest absolute Gasteiger partial charge is 0.309 e. The van der Waals surface area contributed by atoms with E-state index in [4.69, 9.17) is 4.74 Å². The van der Waals surface area contributed by atoms with Gasteiger partial charge in [-0.25, -0.2) is 0 Å². The van der Waals surface area contributed by atoms with E-state index < -0.39 is 6.10 Å². The minimum absolute atomic E-state index is 0.0779. The summed E-state index contributed by atoms with van der Waals surface area (Å²) < 4.78 is 5.24. The Morgan fingerprint density at radius 2 is 1.74 bits per heavy atom. The molecule has 0 fully saturated rings. The van der Waals surface area contributed by atoms with Crippen LogP contribution in [-0.4, -0.2) is 24.5 Å². The molecule has 0 aliphatic carbocycles. The number of hydrogen-bond donors (Lipinski definition) is 1. The summed E-state index contributed by atoms with van der Waals surface area (Å²) >= 11 is 0. The van der Waals surface area contributed by atoms with Gasteiger partial charge in [0.05, 0.1) is 5.92 Å². The fourth-order valence-corrected chi connectivity index (χ4v) is 1.80. The summed E-state index contributed by atoms with van der Waals surface area (Å²) in [6, 6.07) is 0. The molecule has 0 radical (unpaired) electrons. The van der Waals surface area contributed by atoms with Gasteiger partial charge in [-0.05, 0) is 26.2 Å². The highest BCUT2D eigenvalue weighted by molar-refractivity contribution is 5.83. The van der Waals surface area contributed by atoms with Gasteiger partial charge in [0.2, 0.25) is 0 Å². The molecule has 1 amide bonds. The van der Waals surface area contributed by atoms with E-state index >= 15 is 0 Å². The normalized spacial score (nSPS) is 13.7. The molecule has 1 N–H and O–H groups in total. The number of nitrogens with one attached hydrogen (secondary N) is 1. The standard InChI is InChI=1S/C15H29NO3/c1-5-8-10-13(7-3)15(18)19-12(4)14(17)16-11-9-6-2/h12-13H,5-11H2,1-4H3,(H,16,17)/t12-,13-/m1/s1.